The summed E-state index contributed by atoms with van der Waals surface area (Å²) in [5.74, 6) is -0.290. The number of nitrogens with zero attached hydrogens (tertiary/aromatic N) is 2. The summed E-state index contributed by atoms with van der Waals surface area (Å²) in [6.45, 7) is 4.54. The van der Waals surface area contributed by atoms with E-state index < -0.39 is 0 Å². The Balaban J connectivity index is 1.54. The van der Waals surface area contributed by atoms with Crippen LogP contribution in [0.4, 0.5) is 5.69 Å². The maximum Gasteiger partial charge on any atom is 0.251 e. The molecule has 26 heavy (non-hydrogen) atoms. The first-order valence-electron chi connectivity index (χ1n) is 8.27. The average Bonchev–Trinajstić information content (AvgIpc) is 3.25. The molecule has 0 spiro atoms. The van der Waals surface area contributed by atoms with E-state index in [0.717, 1.165) is 16.3 Å². The molecular formula is C19H20N4O2S. The maximum atomic E-state index is 12.2. The molecule has 2 heterocycles. The Morgan fingerprint density at radius 3 is 2.62 bits per heavy atom. The average molecular weight is 368 g/mol. The van der Waals surface area contributed by atoms with Crippen molar-refractivity contribution in [1.82, 2.24) is 15.1 Å². The second-order valence-electron chi connectivity index (χ2n) is 5.89. The van der Waals surface area contributed by atoms with Gasteiger partial charge in [0.2, 0.25) is 5.91 Å². The number of hydrogen-bond donors (Lipinski definition) is 2. The quantitative estimate of drug-likeness (QED) is 0.701. The van der Waals surface area contributed by atoms with Crippen LogP contribution in [0.1, 0.15) is 23.0 Å². The maximum absolute atomic E-state index is 12.2. The van der Waals surface area contributed by atoms with E-state index in [2.05, 4.69) is 21.8 Å². The first kappa shape index (κ1) is 17.9. The molecule has 0 saturated heterocycles. The first-order chi connectivity index (χ1) is 12.5. The summed E-state index contributed by atoms with van der Waals surface area (Å²) in [5, 5.41) is 12.2. The normalized spacial score (nSPS) is 10.5. The lowest BCUT2D eigenvalue weighted by Crippen LogP contribution is -2.27. The van der Waals surface area contributed by atoms with Gasteiger partial charge in [0.05, 0.1) is 11.4 Å². The molecule has 134 valence electrons. The van der Waals surface area contributed by atoms with Crippen molar-refractivity contribution in [2.24, 2.45) is 0 Å². The van der Waals surface area contributed by atoms with Crippen LogP contribution in [-0.2, 0) is 11.3 Å². The number of carbonyl (C=O) groups excluding carboxylic acids is 2. The molecule has 3 rings (SSSR count). The Bertz CT molecular complexity index is 898. The van der Waals surface area contributed by atoms with Gasteiger partial charge >= 0.3 is 0 Å². The molecule has 0 aliphatic carbocycles. The van der Waals surface area contributed by atoms with E-state index in [4.69, 9.17) is 0 Å². The van der Waals surface area contributed by atoms with Crippen molar-refractivity contribution in [2.75, 3.05) is 11.9 Å². The second-order valence-corrected chi connectivity index (χ2v) is 6.83. The molecule has 0 fully saturated rings. The third-order valence-electron chi connectivity index (χ3n) is 3.83. The van der Waals surface area contributed by atoms with E-state index in [0.29, 0.717) is 24.3 Å². The van der Waals surface area contributed by atoms with Gasteiger partial charge in [0.1, 0.15) is 5.69 Å². The van der Waals surface area contributed by atoms with Gasteiger partial charge in [-0.15, -0.1) is 11.3 Å². The van der Waals surface area contributed by atoms with Gasteiger partial charge in [-0.05, 0) is 48.7 Å². The highest BCUT2D eigenvalue weighted by molar-refractivity contribution is 7.13. The summed E-state index contributed by atoms with van der Waals surface area (Å²) in [6, 6.07) is 12.9. The molecule has 0 bridgehead atoms. The van der Waals surface area contributed by atoms with E-state index >= 15 is 0 Å². The van der Waals surface area contributed by atoms with Gasteiger partial charge in [0.15, 0.2) is 0 Å². The van der Waals surface area contributed by atoms with Gasteiger partial charge in [-0.3, -0.25) is 14.3 Å². The lowest BCUT2D eigenvalue weighted by atomic mass is 10.2. The first-order valence-corrected chi connectivity index (χ1v) is 9.15. The fraction of sp³-hybridized carbons (Fsp3) is 0.211. The number of rotatable bonds is 6. The summed E-state index contributed by atoms with van der Waals surface area (Å²) in [5.41, 5.74) is 3.23. The number of hydrogen-bond acceptors (Lipinski definition) is 4. The molecule has 3 aromatic rings. The van der Waals surface area contributed by atoms with Crippen molar-refractivity contribution in [3.63, 3.8) is 0 Å². The van der Waals surface area contributed by atoms with Crippen molar-refractivity contribution in [3.8, 4) is 10.6 Å². The Hall–Kier alpha value is -2.93. The van der Waals surface area contributed by atoms with Gasteiger partial charge in [-0.25, -0.2) is 0 Å². The van der Waals surface area contributed by atoms with Crippen molar-refractivity contribution in [3.05, 3.63) is 59.1 Å². The molecule has 0 saturated carbocycles. The molecule has 2 N–H and O–H groups in total. The number of nitrogens with one attached hydrogen (secondary N) is 2. The lowest BCUT2D eigenvalue weighted by molar-refractivity contribution is -0.114. The van der Waals surface area contributed by atoms with Crippen LogP contribution >= 0.6 is 11.3 Å². The Morgan fingerprint density at radius 2 is 1.96 bits per heavy atom. The van der Waals surface area contributed by atoms with Crippen molar-refractivity contribution in [2.45, 2.75) is 20.4 Å². The Labute approximate surface area is 155 Å². The number of anilines is 1. The molecule has 0 unspecified atom stereocenters. The van der Waals surface area contributed by atoms with Crippen LogP contribution in [0.3, 0.4) is 0 Å². The van der Waals surface area contributed by atoms with Crippen LogP contribution < -0.4 is 10.6 Å². The van der Waals surface area contributed by atoms with E-state index in [1.54, 1.807) is 35.6 Å². The topological polar surface area (TPSA) is 76.0 Å². The smallest absolute Gasteiger partial charge is 0.251 e. The molecule has 1 aromatic carbocycles. The van der Waals surface area contributed by atoms with E-state index in [-0.39, 0.29) is 11.8 Å². The Kier molecular flexibility index (Phi) is 5.48. The zero-order valence-corrected chi connectivity index (χ0v) is 15.5. The fourth-order valence-electron chi connectivity index (χ4n) is 2.57. The second kappa shape index (κ2) is 7.97. The van der Waals surface area contributed by atoms with Gasteiger partial charge in [-0.2, -0.15) is 5.10 Å². The number of aryl methyl sites for hydroxylation is 1. The standard InChI is InChI=1S/C19H20N4O2S/c1-13-12-17(18-4-3-11-26-18)22-23(13)10-9-20-19(25)15-5-7-16(8-6-15)21-14(2)24/h3-8,11-12H,9-10H2,1-2H3,(H,20,25)(H,21,24). The largest absolute Gasteiger partial charge is 0.350 e. The molecule has 0 aliphatic heterocycles. The lowest BCUT2D eigenvalue weighted by Gasteiger charge is -2.08. The van der Waals surface area contributed by atoms with Crippen LogP contribution in [0.5, 0.6) is 0 Å². The minimum Gasteiger partial charge on any atom is -0.350 e. The highest BCUT2D eigenvalue weighted by atomic mass is 32.1. The SMILES string of the molecule is CC(=O)Nc1ccc(C(=O)NCCn2nc(-c3cccs3)cc2C)cc1. The van der Waals surface area contributed by atoms with Crippen LogP contribution in [0.2, 0.25) is 0 Å². The van der Waals surface area contributed by atoms with Gasteiger partial charge in [0, 0.05) is 30.4 Å². The molecule has 0 atom stereocenters. The summed E-state index contributed by atoms with van der Waals surface area (Å²) < 4.78 is 1.90. The monoisotopic (exact) mass is 368 g/mol. The van der Waals surface area contributed by atoms with E-state index in [1.165, 1.54) is 6.92 Å². The molecule has 0 aliphatic rings. The predicted molar refractivity (Wildman–Crippen MR) is 103 cm³/mol. The van der Waals surface area contributed by atoms with Crippen LogP contribution in [0.25, 0.3) is 10.6 Å². The molecule has 7 heteroatoms. The number of aromatic nitrogens is 2. The van der Waals surface area contributed by atoms with Crippen molar-refractivity contribution >= 4 is 28.8 Å². The van der Waals surface area contributed by atoms with Gasteiger partial charge < -0.3 is 10.6 Å². The number of benzene rings is 1. The number of thiophene rings is 1. The van der Waals surface area contributed by atoms with Crippen LogP contribution in [-0.4, -0.2) is 28.1 Å². The summed E-state index contributed by atoms with van der Waals surface area (Å²) in [4.78, 5) is 24.4. The van der Waals surface area contributed by atoms with E-state index in [9.17, 15) is 9.59 Å². The predicted octanol–water partition coefficient (Wildman–Crippen LogP) is 3.31. The third-order valence-corrected chi connectivity index (χ3v) is 4.72. The zero-order chi connectivity index (χ0) is 18.5. The molecule has 2 aromatic heterocycles. The fourth-order valence-corrected chi connectivity index (χ4v) is 3.25. The van der Waals surface area contributed by atoms with Crippen molar-refractivity contribution in [1.29, 1.82) is 0 Å². The highest BCUT2D eigenvalue weighted by Gasteiger charge is 2.09. The molecular weight excluding hydrogens is 348 g/mol. The van der Waals surface area contributed by atoms with Crippen LogP contribution in [0.15, 0.2) is 47.8 Å². The third kappa shape index (κ3) is 4.37. The van der Waals surface area contributed by atoms with Crippen LogP contribution in [0, 0.1) is 6.92 Å². The highest BCUT2D eigenvalue weighted by Crippen LogP contribution is 2.23. The number of amides is 2. The van der Waals surface area contributed by atoms with Gasteiger partial charge in [0.25, 0.3) is 5.91 Å². The van der Waals surface area contributed by atoms with Crippen molar-refractivity contribution < 1.29 is 9.59 Å². The zero-order valence-electron chi connectivity index (χ0n) is 14.7. The number of carbonyl (C=O) groups is 2. The molecule has 2 amide bonds. The molecule has 6 nitrogen and oxygen atoms in total. The van der Waals surface area contributed by atoms with E-state index in [1.807, 2.05) is 29.1 Å². The minimum atomic E-state index is -0.150. The van der Waals surface area contributed by atoms with Gasteiger partial charge in [-0.1, -0.05) is 6.07 Å². The Morgan fingerprint density at radius 1 is 1.19 bits per heavy atom. The molecule has 0 radical (unpaired) electrons. The summed E-state index contributed by atoms with van der Waals surface area (Å²) in [7, 11) is 0. The minimum absolute atomic E-state index is 0.140. The summed E-state index contributed by atoms with van der Waals surface area (Å²) >= 11 is 1.66. The summed E-state index contributed by atoms with van der Waals surface area (Å²) in [6.07, 6.45) is 0.